The summed E-state index contributed by atoms with van der Waals surface area (Å²) in [5.74, 6) is -4.16. The van der Waals surface area contributed by atoms with Crippen molar-refractivity contribution in [2.45, 2.75) is 0 Å². The Kier molecular flexibility index (Phi) is 2.41. The van der Waals surface area contributed by atoms with Crippen molar-refractivity contribution in [1.82, 2.24) is 14.6 Å². The first-order chi connectivity index (χ1) is 9.06. The molecule has 0 amide bonds. The summed E-state index contributed by atoms with van der Waals surface area (Å²) in [6, 6.07) is 5.11. The quantitative estimate of drug-likeness (QED) is 0.686. The fourth-order valence-electron chi connectivity index (χ4n) is 1.71. The maximum atomic E-state index is 13.6. The van der Waals surface area contributed by atoms with Gasteiger partial charge < -0.3 is 5.73 Å². The summed E-state index contributed by atoms with van der Waals surface area (Å²) in [4.78, 5) is 4.02. The van der Waals surface area contributed by atoms with Crippen LogP contribution in [-0.2, 0) is 0 Å². The summed E-state index contributed by atoms with van der Waals surface area (Å²) >= 11 is 0. The van der Waals surface area contributed by atoms with Crippen LogP contribution >= 0.6 is 0 Å². The molecule has 1 aromatic carbocycles. The zero-order valence-corrected chi connectivity index (χ0v) is 9.44. The average Bonchev–Trinajstić information content (AvgIpc) is 2.78. The molecular weight excluding hydrogens is 257 g/mol. The number of rotatable bonds is 1. The monoisotopic (exact) mass is 264 g/mol. The maximum Gasteiger partial charge on any atom is 0.195 e. The van der Waals surface area contributed by atoms with Crippen molar-refractivity contribution in [2.75, 3.05) is 5.73 Å². The smallest absolute Gasteiger partial charge is 0.195 e. The van der Waals surface area contributed by atoms with Gasteiger partial charge in [0.15, 0.2) is 28.9 Å². The largest absolute Gasteiger partial charge is 0.397 e. The normalized spacial score (nSPS) is 11.1. The number of hydrogen-bond donors (Lipinski definition) is 1. The fourth-order valence-corrected chi connectivity index (χ4v) is 1.71. The first-order valence-electron chi connectivity index (χ1n) is 5.32. The van der Waals surface area contributed by atoms with Gasteiger partial charge in [-0.25, -0.2) is 22.7 Å². The molecule has 0 atom stereocenters. The Morgan fingerprint density at radius 2 is 1.79 bits per heavy atom. The first kappa shape index (κ1) is 11.5. The van der Waals surface area contributed by atoms with Gasteiger partial charge in [0, 0.05) is 0 Å². The molecule has 2 N–H and O–H groups in total. The molecule has 0 bridgehead atoms. The molecule has 3 aromatic rings. The third-order valence-electron chi connectivity index (χ3n) is 2.63. The fraction of sp³-hybridized carbons (Fsp3) is 0. The van der Waals surface area contributed by atoms with E-state index in [0.29, 0.717) is 11.3 Å². The summed E-state index contributed by atoms with van der Waals surface area (Å²) in [7, 11) is 0. The van der Waals surface area contributed by atoms with Gasteiger partial charge in [0.25, 0.3) is 0 Å². The second-order valence-corrected chi connectivity index (χ2v) is 3.92. The zero-order chi connectivity index (χ0) is 13.6. The SMILES string of the molecule is Nc1ccc2nc(-c3ccc(F)c(F)c3F)nn2c1. The van der Waals surface area contributed by atoms with Crippen molar-refractivity contribution in [3.8, 4) is 11.4 Å². The van der Waals surface area contributed by atoms with Gasteiger partial charge in [-0.1, -0.05) is 0 Å². The van der Waals surface area contributed by atoms with E-state index >= 15 is 0 Å². The van der Waals surface area contributed by atoms with Crippen molar-refractivity contribution < 1.29 is 13.2 Å². The predicted molar refractivity (Wildman–Crippen MR) is 62.7 cm³/mol. The van der Waals surface area contributed by atoms with E-state index in [1.54, 1.807) is 12.1 Å². The van der Waals surface area contributed by atoms with Crippen LogP contribution in [0.3, 0.4) is 0 Å². The summed E-state index contributed by atoms with van der Waals surface area (Å²) in [6.07, 6.45) is 1.49. The van der Waals surface area contributed by atoms with E-state index in [1.165, 1.54) is 10.7 Å². The lowest BCUT2D eigenvalue weighted by Crippen LogP contribution is -1.95. The third kappa shape index (κ3) is 1.79. The van der Waals surface area contributed by atoms with Gasteiger partial charge in [0.05, 0.1) is 17.4 Å². The maximum absolute atomic E-state index is 13.6. The molecule has 0 aliphatic rings. The average molecular weight is 264 g/mol. The van der Waals surface area contributed by atoms with Crippen LogP contribution in [0, 0.1) is 17.5 Å². The number of benzene rings is 1. The Bertz CT molecular complexity index is 782. The van der Waals surface area contributed by atoms with E-state index in [4.69, 9.17) is 5.73 Å². The highest BCUT2D eigenvalue weighted by Crippen LogP contribution is 2.24. The van der Waals surface area contributed by atoms with Gasteiger partial charge in [-0.3, -0.25) is 0 Å². The number of halogens is 3. The van der Waals surface area contributed by atoms with E-state index < -0.39 is 17.5 Å². The van der Waals surface area contributed by atoms with Crippen LogP contribution in [0.2, 0.25) is 0 Å². The van der Waals surface area contributed by atoms with Crippen LogP contribution in [0.1, 0.15) is 0 Å². The summed E-state index contributed by atoms with van der Waals surface area (Å²) in [5, 5.41) is 3.97. The minimum absolute atomic E-state index is 0.0398. The van der Waals surface area contributed by atoms with Crippen molar-refractivity contribution in [3.63, 3.8) is 0 Å². The third-order valence-corrected chi connectivity index (χ3v) is 2.63. The molecule has 0 saturated heterocycles. The molecule has 0 spiro atoms. The Morgan fingerprint density at radius 3 is 2.58 bits per heavy atom. The Morgan fingerprint density at radius 1 is 1.00 bits per heavy atom. The molecule has 0 unspecified atom stereocenters. The summed E-state index contributed by atoms with van der Waals surface area (Å²) < 4.78 is 41.0. The summed E-state index contributed by atoms with van der Waals surface area (Å²) in [6.45, 7) is 0. The molecule has 0 aliphatic heterocycles. The standard InChI is InChI=1S/C12H7F3N4/c13-8-3-2-7(10(14)11(8)15)12-17-9-4-1-6(16)5-19(9)18-12/h1-5H,16H2. The number of anilines is 1. The van der Waals surface area contributed by atoms with Gasteiger partial charge in [0.2, 0.25) is 0 Å². The van der Waals surface area contributed by atoms with Crippen LogP contribution < -0.4 is 5.73 Å². The second-order valence-electron chi connectivity index (χ2n) is 3.92. The van der Waals surface area contributed by atoms with Gasteiger partial charge in [0.1, 0.15) is 0 Å². The Hall–Kier alpha value is -2.57. The van der Waals surface area contributed by atoms with Gasteiger partial charge >= 0.3 is 0 Å². The van der Waals surface area contributed by atoms with Crippen molar-refractivity contribution in [3.05, 3.63) is 47.9 Å². The molecule has 7 heteroatoms. The van der Waals surface area contributed by atoms with Gasteiger partial charge in [-0.2, -0.15) is 0 Å². The van der Waals surface area contributed by atoms with E-state index in [1.807, 2.05) is 0 Å². The second kappa shape index (κ2) is 3.98. The lowest BCUT2D eigenvalue weighted by atomic mass is 10.2. The molecule has 19 heavy (non-hydrogen) atoms. The summed E-state index contributed by atoms with van der Waals surface area (Å²) in [5.41, 5.74) is 6.24. The van der Waals surface area contributed by atoms with Crippen molar-refractivity contribution in [2.24, 2.45) is 0 Å². The Labute approximate surface area is 105 Å². The molecule has 3 rings (SSSR count). The minimum atomic E-state index is -1.55. The van der Waals surface area contributed by atoms with Crippen molar-refractivity contribution in [1.29, 1.82) is 0 Å². The molecule has 2 heterocycles. The molecule has 4 nitrogen and oxygen atoms in total. The minimum Gasteiger partial charge on any atom is -0.397 e. The lowest BCUT2D eigenvalue weighted by Gasteiger charge is -1.99. The van der Waals surface area contributed by atoms with Crippen LogP contribution in [-0.4, -0.2) is 14.6 Å². The molecule has 2 aromatic heterocycles. The number of nitrogens with two attached hydrogens (primary N) is 1. The molecule has 0 aliphatic carbocycles. The van der Waals surface area contributed by atoms with Gasteiger partial charge in [-0.15, -0.1) is 5.10 Å². The number of aromatic nitrogens is 3. The number of nitrogen functional groups attached to an aromatic ring is 1. The Balaban J connectivity index is 2.22. The highest BCUT2D eigenvalue weighted by molar-refractivity contribution is 5.60. The number of nitrogens with zero attached hydrogens (tertiary/aromatic N) is 3. The molecular formula is C12H7F3N4. The lowest BCUT2D eigenvalue weighted by molar-refractivity contribution is 0.448. The highest BCUT2D eigenvalue weighted by atomic mass is 19.2. The first-order valence-corrected chi connectivity index (χ1v) is 5.32. The number of fused-ring (bicyclic) bond motifs is 1. The zero-order valence-electron chi connectivity index (χ0n) is 9.44. The van der Waals surface area contributed by atoms with E-state index in [0.717, 1.165) is 12.1 Å². The molecule has 0 saturated carbocycles. The molecule has 0 radical (unpaired) electrons. The van der Waals surface area contributed by atoms with Crippen molar-refractivity contribution >= 4 is 11.3 Å². The number of hydrogen-bond acceptors (Lipinski definition) is 3. The van der Waals surface area contributed by atoms with Crippen LogP contribution in [0.15, 0.2) is 30.5 Å². The van der Waals surface area contributed by atoms with E-state index in [2.05, 4.69) is 10.1 Å². The van der Waals surface area contributed by atoms with E-state index in [9.17, 15) is 13.2 Å². The van der Waals surface area contributed by atoms with Gasteiger partial charge in [-0.05, 0) is 24.3 Å². The van der Waals surface area contributed by atoms with Crippen LogP contribution in [0.5, 0.6) is 0 Å². The topological polar surface area (TPSA) is 56.2 Å². The van der Waals surface area contributed by atoms with E-state index in [-0.39, 0.29) is 11.4 Å². The van der Waals surface area contributed by atoms with Crippen LogP contribution in [0.25, 0.3) is 17.0 Å². The predicted octanol–water partition coefficient (Wildman–Crippen LogP) is 2.40. The molecule has 0 fully saturated rings. The van der Waals surface area contributed by atoms with Crippen LogP contribution in [0.4, 0.5) is 18.9 Å². The highest BCUT2D eigenvalue weighted by Gasteiger charge is 2.17. The molecule has 96 valence electrons. The number of pyridine rings is 1.